The molecule has 1 aliphatic rings. The van der Waals surface area contributed by atoms with Crippen molar-refractivity contribution in [3.63, 3.8) is 0 Å². The Labute approximate surface area is 81.8 Å². The molecule has 1 aromatic rings. The highest BCUT2D eigenvalue weighted by molar-refractivity contribution is 5.93. The second-order valence-corrected chi connectivity index (χ2v) is 3.17. The monoisotopic (exact) mass is 196 g/mol. The van der Waals surface area contributed by atoms with Gasteiger partial charge in [0.25, 0.3) is 0 Å². The summed E-state index contributed by atoms with van der Waals surface area (Å²) in [6.45, 7) is 1.67. The van der Waals surface area contributed by atoms with Crippen LogP contribution in [0.4, 0.5) is 0 Å². The van der Waals surface area contributed by atoms with Gasteiger partial charge in [0.05, 0.1) is 32.2 Å². The summed E-state index contributed by atoms with van der Waals surface area (Å²) in [7, 11) is 0. The van der Waals surface area contributed by atoms with Crippen molar-refractivity contribution in [3.05, 3.63) is 24.2 Å². The Hall–Kier alpha value is -1.13. The van der Waals surface area contributed by atoms with Crippen molar-refractivity contribution in [2.45, 2.75) is 12.5 Å². The fourth-order valence-corrected chi connectivity index (χ4v) is 1.40. The van der Waals surface area contributed by atoms with Crippen LogP contribution in [0.25, 0.3) is 0 Å². The lowest BCUT2D eigenvalue weighted by Gasteiger charge is -2.21. The lowest BCUT2D eigenvalue weighted by Crippen LogP contribution is -2.30. The largest absolute Gasteiger partial charge is 0.461 e. The third-order valence-corrected chi connectivity index (χ3v) is 2.09. The highest BCUT2D eigenvalue weighted by Crippen LogP contribution is 2.11. The van der Waals surface area contributed by atoms with E-state index in [0.717, 1.165) is 0 Å². The van der Waals surface area contributed by atoms with Crippen LogP contribution in [0.2, 0.25) is 0 Å². The minimum Gasteiger partial charge on any atom is -0.461 e. The van der Waals surface area contributed by atoms with Crippen molar-refractivity contribution in [2.75, 3.05) is 19.8 Å². The average molecular weight is 196 g/mol. The molecular weight excluding hydrogens is 184 g/mol. The van der Waals surface area contributed by atoms with Crippen molar-refractivity contribution in [1.29, 1.82) is 0 Å². The Morgan fingerprint density at radius 1 is 1.50 bits per heavy atom. The Bertz CT molecular complexity index is 285. The standard InChI is InChI=1S/C10H12O4/c11-9(10-2-1-3-14-10)6-8-7-12-4-5-13-8/h1-3,8H,4-7H2. The van der Waals surface area contributed by atoms with Crippen LogP contribution in [0.1, 0.15) is 17.0 Å². The summed E-state index contributed by atoms with van der Waals surface area (Å²) in [6.07, 6.45) is 1.69. The quantitative estimate of drug-likeness (QED) is 0.683. The van der Waals surface area contributed by atoms with Gasteiger partial charge in [-0.15, -0.1) is 0 Å². The Morgan fingerprint density at radius 3 is 3.07 bits per heavy atom. The van der Waals surface area contributed by atoms with E-state index in [2.05, 4.69) is 0 Å². The van der Waals surface area contributed by atoms with Gasteiger partial charge in [0, 0.05) is 6.42 Å². The maximum atomic E-state index is 11.5. The van der Waals surface area contributed by atoms with Gasteiger partial charge in [0.2, 0.25) is 5.78 Å². The Kier molecular flexibility index (Phi) is 2.96. The zero-order valence-corrected chi connectivity index (χ0v) is 7.77. The van der Waals surface area contributed by atoms with E-state index in [4.69, 9.17) is 13.9 Å². The predicted molar refractivity (Wildman–Crippen MR) is 48.2 cm³/mol. The van der Waals surface area contributed by atoms with E-state index in [1.54, 1.807) is 12.1 Å². The molecule has 0 saturated carbocycles. The number of ketones is 1. The van der Waals surface area contributed by atoms with Gasteiger partial charge in [-0.25, -0.2) is 0 Å². The lowest BCUT2D eigenvalue weighted by atomic mass is 10.1. The molecule has 2 heterocycles. The van der Waals surface area contributed by atoms with Crippen molar-refractivity contribution < 1.29 is 18.7 Å². The fraction of sp³-hybridized carbons (Fsp3) is 0.500. The van der Waals surface area contributed by atoms with E-state index < -0.39 is 0 Å². The number of Topliss-reactive ketones (excluding diaryl/α,β-unsaturated/α-hetero) is 1. The average Bonchev–Trinajstić information content (AvgIpc) is 2.72. The van der Waals surface area contributed by atoms with E-state index >= 15 is 0 Å². The number of furan rings is 1. The van der Waals surface area contributed by atoms with Gasteiger partial charge < -0.3 is 13.9 Å². The fourth-order valence-electron chi connectivity index (χ4n) is 1.40. The summed E-state index contributed by atoms with van der Waals surface area (Å²) in [4.78, 5) is 11.5. The molecule has 1 saturated heterocycles. The molecule has 0 aromatic carbocycles. The molecule has 1 unspecified atom stereocenters. The van der Waals surface area contributed by atoms with Crippen LogP contribution in [0.15, 0.2) is 22.8 Å². The van der Waals surface area contributed by atoms with Crippen LogP contribution in [0.5, 0.6) is 0 Å². The van der Waals surface area contributed by atoms with Gasteiger partial charge in [-0.05, 0) is 12.1 Å². The number of rotatable bonds is 3. The highest BCUT2D eigenvalue weighted by atomic mass is 16.6. The minimum absolute atomic E-state index is 0.0366. The molecule has 0 radical (unpaired) electrons. The number of hydrogen-bond acceptors (Lipinski definition) is 4. The molecule has 14 heavy (non-hydrogen) atoms. The van der Waals surface area contributed by atoms with Gasteiger partial charge in [0.1, 0.15) is 0 Å². The zero-order chi connectivity index (χ0) is 9.80. The van der Waals surface area contributed by atoms with E-state index in [1.165, 1.54) is 6.26 Å². The number of carbonyl (C=O) groups is 1. The van der Waals surface area contributed by atoms with Gasteiger partial charge in [-0.3, -0.25) is 4.79 Å². The predicted octanol–water partition coefficient (Wildman–Crippen LogP) is 1.27. The maximum Gasteiger partial charge on any atom is 0.200 e. The summed E-state index contributed by atoms with van der Waals surface area (Å²) >= 11 is 0. The smallest absolute Gasteiger partial charge is 0.200 e. The molecule has 0 bridgehead atoms. The van der Waals surface area contributed by atoms with Crippen LogP contribution in [0.3, 0.4) is 0 Å². The van der Waals surface area contributed by atoms with E-state index in [-0.39, 0.29) is 11.9 Å². The third-order valence-electron chi connectivity index (χ3n) is 2.09. The van der Waals surface area contributed by atoms with Crippen LogP contribution in [-0.4, -0.2) is 31.7 Å². The van der Waals surface area contributed by atoms with Crippen LogP contribution >= 0.6 is 0 Å². The molecule has 1 atom stereocenters. The molecule has 4 heteroatoms. The van der Waals surface area contributed by atoms with E-state index in [9.17, 15) is 4.79 Å². The second-order valence-electron chi connectivity index (χ2n) is 3.17. The Morgan fingerprint density at radius 2 is 2.43 bits per heavy atom. The van der Waals surface area contributed by atoms with Gasteiger partial charge in [-0.1, -0.05) is 0 Å². The van der Waals surface area contributed by atoms with E-state index in [1.807, 2.05) is 0 Å². The molecule has 0 spiro atoms. The van der Waals surface area contributed by atoms with Crippen molar-refractivity contribution in [3.8, 4) is 0 Å². The minimum atomic E-state index is -0.124. The van der Waals surface area contributed by atoms with Gasteiger partial charge in [-0.2, -0.15) is 0 Å². The van der Waals surface area contributed by atoms with Crippen LogP contribution < -0.4 is 0 Å². The SMILES string of the molecule is O=C(CC1COCCO1)c1ccco1. The molecule has 1 fully saturated rings. The molecule has 2 rings (SSSR count). The van der Waals surface area contributed by atoms with Crippen LogP contribution in [-0.2, 0) is 9.47 Å². The van der Waals surface area contributed by atoms with Gasteiger partial charge >= 0.3 is 0 Å². The molecule has 0 N–H and O–H groups in total. The first-order chi connectivity index (χ1) is 6.86. The molecule has 76 valence electrons. The van der Waals surface area contributed by atoms with E-state index in [0.29, 0.717) is 32.0 Å². The summed E-state index contributed by atoms with van der Waals surface area (Å²) < 4.78 is 15.5. The molecule has 1 aromatic heterocycles. The number of ether oxygens (including phenoxy) is 2. The summed E-state index contributed by atoms with van der Waals surface area (Å²) in [6, 6.07) is 3.36. The summed E-state index contributed by atoms with van der Waals surface area (Å²) in [5, 5.41) is 0. The summed E-state index contributed by atoms with van der Waals surface area (Å²) in [5.41, 5.74) is 0. The molecular formula is C10H12O4. The Balaban J connectivity index is 1.87. The topological polar surface area (TPSA) is 48.7 Å². The van der Waals surface area contributed by atoms with Crippen molar-refractivity contribution >= 4 is 5.78 Å². The zero-order valence-electron chi connectivity index (χ0n) is 7.77. The van der Waals surface area contributed by atoms with Crippen LogP contribution in [0, 0.1) is 0 Å². The van der Waals surface area contributed by atoms with Gasteiger partial charge in [0.15, 0.2) is 5.76 Å². The maximum absolute atomic E-state index is 11.5. The third kappa shape index (κ3) is 2.21. The van der Waals surface area contributed by atoms with Crippen molar-refractivity contribution in [2.24, 2.45) is 0 Å². The molecule has 0 aliphatic carbocycles. The molecule has 4 nitrogen and oxygen atoms in total. The molecule has 0 amide bonds. The highest BCUT2D eigenvalue weighted by Gasteiger charge is 2.20. The first-order valence-corrected chi connectivity index (χ1v) is 4.62. The molecule has 1 aliphatic heterocycles. The summed E-state index contributed by atoms with van der Waals surface area (Å²) in [5.74, 6) is 0.352. The first-order valence-electron chi connectivity index (χ1n) is 4.62. The normalized spacial score (nSPS) is 22.1. The lowest BCUT2D eigenvalue weighted by molar-refractivity contribution is -0.0869. The van der Waals surface area contributed by atoms with Crippen molar-refractivity contribution in [1.82, 2.24) is 0 Å². The number of carbonyl (C=O) groups excluding carboxylic acids is 1. The number of hydrogen-bond donors (Lipinski definition) is 0. The second kappa shape index (κ2) is 4.39. The first kappa shape index (κ1) is 9.43.